The molecule has 7 nitrogen and oxygen atoms in total. The summed E-state index contributed by atoms with van der Waals surface area (Å²) in [4.78, 5) is 8.70. The number of aliphatic hydroxyl groups is 1. The minimum atomic E-state index is -0.938. The number of anilines is 1. The first-order chi connectivity index (χ1) is 12.2. The minimum Gasteiger partial charge on any atom is -0.361 e. The van der Waals surface area contributed by atoms with E-state index >= 15 is 0 Å². The summed E-state index contributed by atoms with van der Waals surface area (Å²) >= 11 is 0. The molecule has 0 aliphatic heterocycles. The fourth-order valence-electron chi connectivity index (χ4n) is 3.15. The lowest BCUT2D eigenvalue weighted by Gasteiger charge is -2.24. The fraction of sp³-hybridized carbons (Fsp3) is 0.389. The second-order valence-corrected chi connectivity index (χ2v) is 6.54. The Kier molecular flexibility index (Phi) is 4.33. The van der Waals surface area contributed by atoms with Crippen LogP contribution in [0.1, 0.15) is 49.5 Å². The Balaban J connectivity index is 1.43. The molecular formula is C18H22N6O. The third-order valence-corrected chi connectivity index (χ3v) is 4.81. The van der Waals surface area contributed by atoms with E-state index in [1.807, 2.05) is 37.4 Å². The molecule has 4 N–H and O–H groups in total. The predicted octanol–water partition coefficient (Wildman–Crippen LogP) is 2.66. The molecule has 1 aliphatic rings. The molecule has 0 spiro atoms. The minimum absolute atomic E-state index is 0.0944. The molecule has 0 bridgehead atoms. The third-order valence-electron chi connectivity index (χ3n) is 4.81. The van der Waals surface area contributed by atoms with Crippen molar-refractivity contribution in [1.82, 2.24) is 25.5 Å². The number of rotatable bonds is 6. The van der Waals surface area contributed by atoms with Crippen molar-refractivity contribution in [2.24, 2.45) is 0 Å². The molecule has 0 saturated heterocycles. The van der Waals surface area contributed by atoms with Gasteiger partial charge in [-0.15, -0.1) is 0 Å². The maximum absolute atomic E-state index is 10.2. The van der Waals surface area contributed by atoms with Crippen LogP contribution < -0.4 is 10.6 Å². The van der Waals surface area contributed by atoms with Crippen LogP contribution in [0.15, 0.2) is 36.7 Å². The van der Waals surface area contributed by atoms with Gasteiger partial charge in [0.05, 0.1) is 17.3 Å². The normalized spacial score (nSPS) is 17.2. The van der Waals surface area contributed by atoms with Gasteiger partial charge in [-0.1, -0.05) is 12.5 Å². The summed E-state index contributed by atoms with van der Waals surface area (Å²) in [5.74, 6) is 1.16. The van der Waals surface area contributed by atoms with Gasteiger partial charge in [0, 0.05) is 35.5 Å². The van der Waals surface area contributed by atoms with Gasteiger partial charge in [0.15, 0.2) is 6.35 Å². The van der Waals surface area contributed by atoms with Crippen LogP contribution in [0.5, 0.6) is 0 Å². The molecule has 1 saturated carbocycles. The molecule has 3 aromatic heterocycles. The van der Waals surface area contributed by atoms with Crippen molar-refractivity contribution >= 4 is 16.7 Å². The zero-order valence-corrected chi connectivity index (χ0v) is 14.1. The number of hydrogen-bond acceptors (Lipinski definition) is 6. The zero-order chi connectivity index (χ0) is 17.2. The molecule has 7 heteroatoms. The van der Waals surface area contributed by atoms with Crippen LogP contribution in [0, 0.1) is 0 Å². The molecule has 3 aromatic rings. The van der Waals surface area contributed by atoms with Crippen LogP contribution in [0.25, 0.3) is 10.9 Å². The lowest BCUT2D eigenvalue weighted by molar-refractivity contribution is 0.150. The molecule has 1 fully saturated rings. The number of aliphatic hydroxyl groups excluding tert-OH is 1. The maximum atomic E-state index is 10.2. The van der Waals surface area contributed by atoms with Gasteiger partial charge in [-0.2, -0.15) is 5.10 Å². The van der Waals surface area contributed by atoms with Crippen LogP contribution in [-0.2, 0) is 0 Å². The van der Waals surface area contributed by atoms with E-state index in [2.05, 4.69) is 30.8 Å². The standard InChI is InChI=1S/C18H22N6O/c1-11(14-7-2-3-8-19-14)21-18(25)22-16-9-15-13(10-20-16)17(24-23-15)12-5-4-6-12/h2-3,7-12,18,21,25H,4-6H2,1H3,(H,20,22)(H,23,24)/t11-,18?/m1/s1. The average molecular weight is 338 g/mol. The van der Waals surface area contributed by atoms with Crippen LogP contribution in [0.3, 0.4) is 0 Å². The van der Waals surface area contributed by atoms with Crippen molar-refractivity contribution in [2.75, 3.05) is 5.32 Å². The third kappa shape index (κ3) is 3.33. The summed E-state index contributed by atoms with van der Waals surface area (Å²) in [6.45, 7) is 1.95. The van der Waals surface area contributed by atoms with Gasteiger partial charge in [0.2, 0.25) is 0 Å². The second kappa shape index (κ2) is 6.78. The summed E-state index contributed by atoms with van der Waals surface area (Å²) in [5.41, 5.74) is 2.91. The number of hydrogen-bond donors (Lipinski definition) is 4. The highest BCUT2D eigenvalue weighted by Crippen LogP contribution is 2.38. The smallest absolute Gasteiger partial charge is 0.183 e. The Labute approximate surface area is 145 Å². The van der Waals surface area contributed by atoms with E-state index in [4.69, 9.17) is 0 Å². The van der Waals surface area contributed by atoms with E-state index in [1.165, 1.54) is 25.0 Å². The largest absolute Gasteiger partial charge is 0.361 e. The summed E-state index contributed by atoms with van der Waals surface area (Å²) < 4.78 is 0. The molecule has 0 amide bonds. The lowest BCUT2D eigenvalue weighted by Crippen LogP contribution is -2.38. The molecule has 1 unspecified atom stereocenters. The molecule has 1 aliphatic carbocycles. The second-order valence-electron chi connectivity index (χ2n) is 6.54. The number of nitrogens with one attached hydrogen (secondary N) is 3. The van der Waals surface area contributed by atoms with Crippen LogP contribution in [0.4, 0.5) is 5.82 Å². The highest BCUT2D eigenvalue weighted by molar-refractivity contribution is 5.83. The SMILES string of the molecule is C[C@@H](NC(O)Nc1cc2n[nH]c(C3CCC3)c2cn1)c1ccccn1. The van der Waals surface area contributed by atoms with E-state index in [0.29, 0.717) is 11.7 Å². The van der Waals surface area contributed by atoms with Gasteiger partial charge in [-0.3, -0.25) is 15.4 Å². The lowest BCUT2D eigenvalue weighted by atomic mass is 9.82. The Bertz CT molecular complexity index is 845. The first-order valence-corrected chi connectivity index (χ1v) is 8.66. The molecule has 4 rings (SSSR count). The predicted molar refractivity (Wildman–Crippen MR) is 95.9 cm³/mol. The van der Waals surface area contributed by atoms with Gasteiger partial charge in [-0.05, 0) is 31.9 Å². The summed E-state index contributed by atoms with van der Waals surface area (Å²) in [6.07, 6.45) is 6.33. The number of pyridine rings is 2. The molecule has 0 aromatic carbocycles. The average Bonchev–Trinajstić information content (AvgIpc) is 2.97. The highest BCUT2D eigenvalue weighted by Gasteiger charge is 2.23. The summed E-state index contributed by atoms with van der Waals surface area (Å²) in [7, 11) is 0. The van der Waals surface area contributed by atoms with Gasteiger partial charge < -0.3 is 10.4 Å². The van der Waals surface area contributed by atoms with E-state index < -0.39 is 6.35 Å². The number of nitrogens with zero attached hydrogens (tertiary/aromatic N) is 3. The van der Waals surface area contributed by atoms with Crippen molar-refractivity contribution < 1.29 is 5.11 Å². The quantitative estimate of drug-likeness (QED) is 0.516. The summed E-state index contributed by atoms with van der Waals surface area (Å²) in [5, 5.41) is 24.8. The fourth-order valence-corrected chi connectivity index (χ4v) is 3.15. The van der Waals surface area contributed by atoms with Crippen LogP contribution in [0.2, 0.25) is 0 Å². The molecule has 130 valence electrons. The first-order valence-electron chi connectivity index (χ1n) is 8.66. The van der Waals surface area contributed by atoms with Gasteiger partial charge in [0.25, 0.3) is 0 Å². The molecular weight excluding hydrogens is 316 g/mol. The van der Waals surface area contributed by atoms with Crippen LogP contribution in [-0.4, -0.2) is 31.6 Å². The number of aromatic nitrogens is 4. The molecule has 2 atom stereocenters. The number of aromatic amines is 1. The van der Waals surface area contributed by atoms with E-state index in [1.54, 1.807) is 6.20 Å². The Morgan fingerprint density at radius 3 is 2.88 bits per heavy atom. The zero-order valence-electron chi connectivity index (χ0n) is 14.1. The maximum Gasteiger partial charge on any atom is 0.183 e. The Morgan fingerprint density at radius 2 is 2.16 bits per heavy atom. The van der Waals surface area contributed by atoms with Gasteiger partial charge in [0.1, 0.15) is 5.82 Å². The van der Waals surface area contributed by atoms with Crippen molar-refractivity contribution in [3.63, 3.8) is 0 Å². The Morgan fingerprint density at radius 1 is 1.28 bits per heavy atom. The van der Waals surface area contributed by atoms with Crippen LogP contribution >= 0.6 is 0 Å². The molecule has 25 heavy (non-hydrogen) atoms. The van der Waals surface area contributed by atoms with Crippen molar-refractivity contribution in [2.45, 2.75) is 44.5 Å². The number of fused-ring (bicyclic) bond motifs is 1. The van der Waals surface area contributed by atoms with Crippen molar-refractivity contribution in [1.29, 1.82) is 0 Å². The number of H-pyrrole nitrogens is 1. The van der Waals surface area contributed by atoms with Crippen molar-refractivity contribution in [3.05, 3.63) is 48.0 Å². The van der Waals surface area contributed by atoms with E-state index in [0.717, 1.165) is 16.6 Å². The highest BCUT2D eigenvalue weighted by atomic mass is 16.3. The molecule has 0 radical (unpaired) electrons. The molecule has 3 heterocycles. The van der Waals surface area contributed by atoms with Crippen molar-refractivity contribution in [3.8, 4) is 0 Å². The summed E-state index contributed by atoms with van der Waals surface area (Å²) in [6, 6.07) is 7.46. The van der Waals surface area contributed by atoms with Gasteiger partial charge >= 0.3 is 0 Å². The van der Waals surface area contributed by atoms with E-state index in [9.17, 15) is 5.11 Å². The Hall–Kier alpha value is -2.51. The van der Waals surface area contributed by atoms with E-state index in [-0.39, 0.29) is 6.04 Å². The topological polar surface area (TPSA) is 98.8 Å². The van der Waals surface area contributed by atoms with Gasteiger partial charge in [-0.25, -0.2) is 4.98 Å². The first kappa shape index (κ1) is 16.0. The monoisotopic (exact) mass is 338 g/mol.